The Morgan fingerprint density at radius 2 is 1.55 bits per heavy atom. The molecule has 0 radical (unpaired) electrons. The third-order valence-electron chi connectivity index (χ3n) is 4.93. The number of anilines is 1. The van der Waals surface area contributed by atoms with Crippen LogP contribution in [0.4, 0.5) is 10.1 Å². The second-order valence-corrected chi connectivity index (χ2v) is 6.99. The van der Waals surface area contributed by atoms with Crippen LogP contribution in [0.5, 0.6) is 5.75 Å². The van der Waals surface area contributed by atoms with Crippen LogP contribution < -0.4 is 10.1 Å². The van der Waals surface area contributed by atoms with Crippen LogP contribution >= 0.6 is 0 Å². The van der Waals surface area contributed by atoms with E-state index >= 15 is 0 Å². The normalized spacial score (nSPS) is 13.7. The first-order valence-corrected chi connectivity index (χ1v) is 9.97. The highest BCUT2D eigenvalue weighted by atomic mass is 19.1. The van der Waals surface area contributed by atoms with E-state index in [0.717, 1.165) is 0 Å². The number of halogens is 1. The Balaban J connectivity index is 1.73. The Hall–Kier alpha value is -3.93. The molecule has 0 saturated heterocycles. The van der Waals surface area contributed by atoms with Gasteiger partial charge in [-0.25, -0.2) is 4.39 Å². The van der Waals surface area contributed by atoms with Crippen LogP contribution in [0.15, 0.2) is 84.6 Å². The molecule has 1 N–H and O–H groups in total. The largest absolute Gasteiger partial charge is 0.492 e. The average Bonchev–Trinajstić information content (AvgIpc) is 3.01. The van der Waals surface area contributed by atoms with E-state index < -0.39 is 11.8 Å². The van der Waals surface area contributed by atoms with Gasteiger partial charge in [0, 0.05) is 0 Å². The van der Waals surface area contributed by atoms with E-state index in [1.54, 1.807) is 36.4 Å². The van der Waals surface area contributed by atoms with Crippen molar-refractivity contribution < 1.29 is 18.7 Å². The number of carbonyl (C=O) groups is 2. The van der Waals surface area contributed by atoms with E-state index in [-0.39, 0.29) is 18.1 Å². The van der Waals surface area contributed by atoms with Crippen molar-refractivity contribution in [3.05, 3.63) is 102 Å². The summed E-state index contributed by atoms with van der Waals surface area (Å²) in [5, 5.41) is 3.13. The number of hydrogen-bond acceptors (Lipinski definition) is 4. The number of benzene rings is 3. The maximum absolute atomic E-state index is 13.3. The van der Waals surface area contributed by atoms with Gasteiger partial charge in [-0.05, 0) is 42.3 Å². The number of nitrogens with one attached hydrogen (secondary N) is 1. The SMILES string of the molecule is CCOc1ccccc1NC1=C(c2ccccc2)C(=O)N(Cc2ccc(F)cc2)C1=O. The van der Waals surface area contributed by atoms with Gasteiger partial charge < -0.3 is 10.1 Å². The number of nitrogens with zero attached hydrogens (tertiary/aromatic N) is 1. The molecule has 2 amide bonds. The first-order chi connectivity index (χ1) is 15.1. The highest BCUT2D eigenvalue weighted by Gasteiger charge is 2.39. The van der Waals surface area contributed by atoms with Gasteiger partial charge in [-0.1, -0.05) is 54.6 Å². The Bertz CT molecular complexity index is 1140. The summed E-state index contributed by atoms with van der Waals surface area (Å²) in [6, 6.07) is 22.1. The highest BCUT2D eigenvalue weighted by Crippen LogP contribution is 2.34. The fourth-order valence-corrected chi connectivity index (χ4v) is 3.47. The van der Waals surface area contributed by atoms with E-state index in [2.05, 4.69) is 5.32 Å². The third-order valence-corrected chi connectivity index (χ3v) is 4.93. The summed E-state index contributed by atoms with van der Waals surface area (Å²) in [5.74, 6) is -0.639. The molecule has 0 bridgehead atoms. The zero-order valence-electron chi connectivity index (χ0n) is 17.0. The fraction of sp³-hybridized carbons (Fsp3) is 0.120. The first-order valence-electron chi connectivity index (χ1n) is 9.97. The zero-order valence-corrected chi connectivity index (χ0v) is 17.0. The monoisotopic (exact) mass is 416 g/mol. The number of imide groups is 1. The van der Waals surface area contributed by atoms with Crippen molar-refractivity contribution in [3.63, 3.8) is 0 Å². The van der Waals surface area contributed by atoms with E-state index in [1.165, 1.54) is 17.0 Å². The number of para-hydroxylation sites is 2. The van der Waals surface area contributed by atoms with Gasteiger partial charge in [0.15, 0.2) is 0 Å². The summed E-state index contributed by atoms with van der Waals surface area (Å²) < 4.78 is 18.9. The molecule has 0 aromatic heterocycles. The van der Waals surface area contributed by atoms with E-state index in [9.17, 15) is 14.0 Å². The summed E-state index contributed by atoms with van der Waals surface area (Å²) in [5.41, 5.74) is 2.37. The summed E-state index contributed by atoms with van der Waals surface area (Å²) >= 11 is 0. The lowest BCUT2D eigenvalue weighted by Crippen LogP contribution is -2.32. The van der Waals surface area contributed by atoms with Crippen molar-refractivity contribution in [2.75, 3.05) is 11.9 Å². The van der Waals surface area contributed by atoms with Crippen LogP contribution in [-0.2, 0) is 16.1 Å². The molecule has 4 rings (SSSR count). The summed E-state index contributed by atoms with van der Waals surface area (Å²) in [6.07, 6.45) is 0. The predicted octanol–water partition coefficient (Wildman–Crippen LogP) is 4.62. The van der Waals surface area contributed by atoms with Crippen molar-refractivity contribution in [2.45, 2.75) is 13.5 Å². The van der Waals surface area contributed by atoms with Crippen LogP contribution in [0.25, 0.3) is 5.57 Å². The maximum atomic E-state index is 13.3. The van der Waals surface area contributed by atoms with Gasteiger partial charge in [0.1, 0.15) is 17.3 Å². The fourth-order valence-electron chi connectivity index (χ4n) is 3.47. The molecule has 0 aliphatic carbocycles. The van der Waals surface area contributed by atoms with Gasteiger partial charge in [-0.2, -0.15) is 0 Å². The molecule has 31 heavy (non-hydrogen) atoms. The second kappa shape index (κ2) is 8.83. The highest BCUT2D eigenvalue weighted by molar-refractivity contribution is 6.36. The smallest absolute Gasteiger partial charge is 0.278 e. The van der Waals surface area contributed by atoms with Crippen LogP contribution in [0.3, 0.4) is 0 Å². The quantitative estimate of drug-likeness (QED) is 0.571. The van der Waals surface area contributed by atoms with E-state index in [1.807, 2.05) is 37.3 Å². The molecule has 3 aromatic carbocycles. The lowest BCUT2D eigenvalue weighted by atomic mass is 10.0. The molecule has 0 saturated carbocycles. The van der Waals surface area contributed by atoms with Gasteiger partial charge in [0.25, 0.3) is 11.8 Å². The van der Waals surface area contributed by atoms with E-state index in [0.29, 0.717) is 34.7 Å². The Labute approximate surface area is 179 Å². The van der Waals surface area contributed by atoms with Crippen LogP contribution in [-0.4, -0.2) is 23.3 Å². The Kier molecular flexibility index (Phi) is 5.80. The van der Waals surface area contributed by atoms with Gasteiger partial charge in [-0.3, -0.25) is 14.5 Å². The van der Waals surface area contributed by atoms with Crippen LogP contribution in [0.1, 0.15) is 18.1 Å². The zero-order chi connectivity index (χ0) is 21.8. The number of ether oxygens (including phenoxy) is 1. The Morgan fingerprint density at radius 1 is 0.871 bits per heavy atom. The van der Waals surface area contributed by atoms with Gasteiger partial charge >= 0.3 is 0 Å². The average molecular weight is 416 g/mol. The number of amides is 2. The maximum Gasteiger partial charge on any atom is 0.278 e. The minimum atomic E-state index is -0.445. The minimum Gasteiger partial charge on any atom is -0.492 e. The number of carbonyl (C=O) groups excluding carboxylic acids is 2. The summed E-state index contributed by atoms with van der Waals surface area (Å²) in [6.45, 7) is 2.39. The molecule has 1 aliphatic heterocycles. The molecule has 3 aromatic rings. The molecule has 1 heterocycles. The van der Waals surface area contributed by atoms with E-state index in [4.69, 9.17) is 4.74 Å². The topological polar surface area (TPSA) is 58.6 Å². The molecule has 6 heteroatoms. The molecule has 0 spiro atoms. The molecule has 1 aliphatic rings. The van der Waals surface area contributed by atoms with Crippen molar-refractivity contribution in [2.24, 2.45) is 0 Å². The van der Waals surface area contributed by atoms with Gasteiger partial charge in [0.05, 0.1) is 24.4 Å². The molecule has 156 valence electrons. The second-order valence-electron chi connectivity index (χ2n) is 6.99. The minimum absolute atomic E-state index is 0.0482. The Morgan fingerprint density at radius 3 is 2.26 bits per heavy atom. The van der Waals surface area contributed by atoms with Gasteiger partial charge in [-0.15, -0.1) is 0 Å². The molecule has 0 unspecified atom stereocenters. The molecule has 5 nitrogen and oxygen atoms in total. The van der Waals surface area contributed by atoms with Crippen molar-refractivity contribution >= 4 is 23.1 Å². The standard InChI is InChI=1S/C25H21FN2O3/c1-2-31-21-11-7-6-10-20(21)27-23-22(18-8-4-3-5-9-18)24(29)28(25(23)30)16-17-12-14-19(26)15-13-17/h3-15,27H,2,16H2,1H3. The molecular weight excluding hydrogens is 395 g/mol. The molecular formula is C25H21FN2O3. The van der Waals surface area contributed by atoms with Gasteiger partial charge in [0.2, 0.25) is 0 Å². The van der Waals surface area contributed by atoms with Crippen molar-refractivity contribution in [3.8, 4) is 5.75 Å². The van der Waals surface area contributed by atoms with Crippen LogP contribution in [0.2, 0.25) is 0 Å². The number of hydrogen-bond donors (Lipinski definition) is 1. The summed E-state index contributed by atoms with van der Waals surface area (Å²) in [4.78, 5) is 27.8. The summed E-state index contributed by atoms with van der Waals surface area (Å²) in [7, 11) is 0. The predicted molar refractivity (Wildman–Crippen MR) is 117 cm³/mol. The first kappa shape index (κ1) is 20.3. The van der Waals surface area contributed by atoms with Crippen molar-refractivity contribution in [1.29, 1.82) is 0 Å². The molecule has 0 atom stereocenters. The number of rotatable bonds is 7. The third kappa shape index (κ3) is 4.19. The van der Waals surface area contributed by atoms with Crippen molar-refractivity contribution in [1.82, 2.24) is 4.90 Å². The lowest BCUT2D eigenvalue weighted by Gasteiger charge is -2.16. The lowest BCUT2D eigenvalue weighted by molar-refractivity contribution is -0.137. The van der Waals surface area contributed by atoms with Crippen LogP contribution in [0, 0.1) is 5.82 Å². The molecule has 0 fully saturated rings.